The van der Waals surface area contributed by atoms with Crippen LogP contribution in [0.5, 0.6) is 0 Å². The molecule has 0 aliphatic heterocycles. The first kappa shape index (κ1) is 17.2. The van der Waals surface area contributed by atoms with Crippen LogP contribution in [0.25, 0.3) is 0 Å². The van der Waals surface area contributed by atoms with Gasteiger partial charge >= 0.3 is 5.69 Å². The Morgan fingerprint density at radius 1 is 1.39 bits per heavy atom. The zero-order chi connectivity index (χ0) is 17.0. The highest BCUT2D eigenvalue weighted by atomic mass is 79.9. The van der Waals surface area contributed by atoms with Crippen molar-refractivity contribution in [2.75, 3.05) is 13.7 Å². The predicted molar refractivity (Wildman–Crippen MR) is 87.5 cm³/mol. The summed E-state index contributed by atoms with van der Waals surface area (Å²) in [4.78, 5) is 37.8. The Hall–Kier alpha value is -2.13. The molecule has 124 valence electrons. The van der Waals surface area contributed by atoms with E-state index in [4.69, 9.17) is 4.74 Å². The normalized spacial score (nSPS) is 10.7. The summed E-state index contributed by atoms with van der Waals surface area (Å²) >= 11 is 3.29. The zero-order valence-electron chi connectivity index (χ0n) is 12.8. The fourth-order valence-electron chi connectivity index (χ4n) is 2.05. The molecular weight excluding hydrogens is 368 g/mol. The summed E-state index contributed by atoms with van der Waals surface area (Å²) in [5.41, 5.74) is -0.270. The summed E-state index contributed by atoms with van der Waals surface area (Å²) in [5.74, 6) is -0.313. The minimum atomic E-state index is -0.517. The Bertz CT molecular complexity index is 821. The van der Waals surface area contributed by atoms with Crippen molar-refractivity contribution in [2.24, 2.45) is 7.05 Å². The first-order valence-corrected chi connectivity index (χ1v) is 7.63. The highest BCUT2D eigenvalue weighted by molar-refractivity contribution is 9.10. The molecule has 2 heterocycles. The van der Waals surface area contributed by atoms with Gasteiger partial charge in [0.1, 0.15) is 5.69 Å². The van der Waals surface area contributed by atoms with Crippen LogP contribution < -0.4 is 16.6 Å². The van der Waals surface area contributed by atoms with E-state index in [9.17, 15) is 14.4 Å². The van der Waals surface area contributed by atoms with Crippen molar-refractivity contribution < 1.29 is 9.53 Å². The monoisotopic (exact) mass is 384 g/mol. The van der Waals surface area contributed by atoms with Gasteiger partial charge in [0.05, 0.1) is 25.3 Å². The molecule has 9 heteroatoms. The Morgan fingerprint density at radius 2 is 2.13 bits per heavy atom. The zero-order valence-corrected chi connectivity index (χ0v) is 14.3. The molecule has 0 aliphatic carbocycles. The highest BCUT2D eigenvalue weighted by Crippen LogP contribution is 2.13. The standard InChI is InChI=1S/C14H17BrN4O4/c1-18-8-10(15)5-11(18)13(21)16-6-9-7-19(3-4-23-2)14(22)17-12(9)20/h5,7-8H,3-4,6H2,1-2H3,(H,16,21)(H,17,20,22). The number of amides is 1. The van der Waals surface area contributed by atoms with Crippen LogP contribution >= 0.6 is 15.9 Å². The van der Waals surface area contributed by atoms with Crippen molar-refractivity contribution in [2.45, 2.75) is 13.1 Å². The average Bonchev–Trinajstić information content (AvgIpc) is 2.84. The lowest BCUT2D eigenvalue weighted by Gasteiger charge is -2.08. The molecular formula is C14H17BrN4O4. The van der Waals surface area contributed by atoms with Gasteiger partial charge in [-0.1, -0.05) is 0 Å². The molecule has 2 aromatic rings. The molecule has 0 aromatic carbocycles. The summed E-state index contributed by atoms with van der Waals surface area (Å²) in [6, 6.07) is 1.68. The molecule has 2 aromatic heterocycles. The number of ether oxygens (including phenoxy) is 1. The molecule has 2 rings (SSSR count). The molecule has 0 fully saturated rings. The minimum Gasteiger partial charge on any atom is -0.383 e. The number of aromatic nitrogens is 3. The van der Waals surface area contributed by atoms with Gasteiger partial charge in [-0.25, -0.2) is 4.79 Å². The van der Waals surface area contributed by atoms with Crippen LogP contribution in [0.2, 0.25) is 0 Å². The van der Waals surface area contributed by atoms with E-state index in [2.05, 4.69) is 26.2 Å². The van der Waals surface area contributed by atoms with Crippen LogP contribution in [-0.4, -0.2) is 33.7 Å². The number of nitrogens with one attached hydrogen (secondary N) is 2. The molecule has 0 saturated carbocycles. The van der Waals surface area contributed by atoms with Crippen molar-refractivity contribution >= 4 is 21.8 Å². The van der Waals surface area contributed by atoms with Crippen molar-refractivity contribution in [1.29, 1.82) is 0 Å². The van der Waals surface area contributed by atoms with E-state index in [1.54, 1.807) is 23.9 Å². The largest absolute Gasteiger partial charge is 0.383 e. The first-order valence-electron chi connectivity index (χ1n) is 6.84. The van der Waals surface area contributed by atoms with Crippen LogP contribution in [0, 0.1) is 0 Å². The van der Waals surface area contributed by atoms with Crippen molar-refractivity contribution in [3.63, 3.8) is 0 Å². The summed E-state index contributed by atoms with van der Waals surface area (Å²) in [6.07, 6.45) is 3.19. The summed E-state index contributed by atoms with van der Waals surface area (Å²) in [7, 11) is 3.27. The molecule has 1 amide bonds. The molecule has 0 atom stereocenters. The number of rotatable bonds is 6. The number of carbonyl (C=O) groups is 1. The van der Waals surface area contributed by atoms with E-state index >= 15 is 0 Å². The van der Waals surface area contributed by atoms with E-state index in [0.29, 0.717) is 24.4 Å². The van der Waals surface area contributed by atoms with Gasteiger partial charge in [0.15, 0.2) is 0 Å². The molecule has 0 radical (unpaired) electrons. The average molecular weight is 385 g/mol. The van der Waals surface area contributed by atoms with Crippen molar-refractivity contribution in [1.82, 2.24) is 19.4 Å². The molecule has 2 N–H and O–H groups in total. The predicted octanol–water partition coefficient (Wildman–Crippen LogP) is 0.214. The van der Waals surface area contributed by atoms with Gasteiger partial charge in [0, 0.05) is 31.0 Å². The van der Waals surface area contributed by atoms with Crippen LogP contribution in [0.15, 0.2) is 32.5 Å². The van der Waals surface area contributed by atoms with Crippen LogP contribution in [0.4, 0.5) is 0 Å². The molecule has 23 heavy (non-hydrogen) atoms. The maximum atomic E-state index is 12.1. The number of nitrogens with zero attached hydrogens (tertiary/aromatic N) is 2. The van der Waals surface area contributed by atoms with Gasteiger partial charge in [0.2, 0.25) is 0 Å². The number of hydrogen-bond acceptors (Lipinski definition) is 4. The molecule has 8 nitrogen and oxygen atoms in total. The van der Waals surface area contributed by atoms with Crippen molar-refractivity contribution in [3.05, 3.63) is 55.0 Å². The summed E-state index contributed by atoms with van der Waals surface area (Å²) < 4.78 is 8.71. The maximum absolute atomic E-state index is 12.1. The fourth-order valence-corrected chi connectivity index (χ4v) is 2.58. The molecule has 0 spiro atoms. The number of methoxy groups -OCH3 is 1. The fraction of sp³-hybridized carbons (Fsp3) is 0.357. The number of carbonyl (C=O) groups excluding carboxylic acids is 1. The van der Waals surface area contributed by atoms with Crippen molar-refractivity contribution in [3.8, 4) is 0 Å². The van der Waals surface area contributed by atoms with Gasteiger partial charge in [-0.2, -0.15) is 0 Å². The minimum absolute atomic E-state index is 0.0181. The van der Waals surface area contributed by atoms with E-state index in [-0.39, 0.29) is 12.5 Å². The lowest BCUT2D eigenvalue weighted by molar-refractivity contribution is 0.0942. The second-order valence-electron chi connectivity index (χ2n) is 4.94. The van der Waals surface area contributed by atoms with E-state index in [1.807, 2.05) is 0 Å². The quantitative estimate of drug-likeness (QED) is 0.743. The Labute approximate surface area is 140 Å². The van der Waals surface area contributed by atoms with Gasteiger partial charge in [-0.05, 0) is 22.0 Å². The summed E-state index contributed by atoms with van der Waals surface area (Å²) in [6.45, 7) is 0.678. The van der Waals surface area contributed by atoms with E-state index in [1.165, 1.54) is 17.9 Å². The molecule has 0 bridgehead atoms. The highest BCUT2D eigenvalue weighted by Gasteiger charge is 2.12. The van der Waals surface area contributed by atoms with Gasteiger partial charge in [0.25, 0.3) is 11.5 Å². The van der Waals surface area contributed by atoms with E-state index < -0.39 is 11.2 Å². The van der Waals surface area contributed by atoms with Crippen LogP contribution in [-0.2, 0) is 24.9 Å². The van der Waals surface area contributed by atoms with Gasteiger partial charge in [-0.3, -0.25) is 19.1 Å². The number of halogens is 1. The number of aryl methyl sites for hydroxylation is 1. The second kappa shape index (κ2) is 7.42. The third-order valence-electron chi connectivity index (χ3n) is 3.26. The summed E-state index contributed by atoms with van der Waals surface area (Å²) in [5, 5.41) is 2.67. The van der Waals surface area contributed by atoms with Crippen LogP contribution in [0.3, 0.4) is 0 Å². The van der Waals surface area contributed by atoms with Gasteiger partial charge < -0.3 is 14.6 Å². The molecule has 0 aliphatic rings. The van der Waals surface area contributed by atoms with E-state index in [0.717, 1.165) is 4.47 Å². The number of hydrogen-bond donors (Lipinski definition) is 2. The van der Waals surface area contributed by atoms with Gasteiger partial charge in [-0.15, -0.1) is 0 Å². The molecule has 0 saturated heterocycles. The lowest BCUT2D eigenvalue weighted by Crippen LogP contribution is -2.35. The topological polar surface area (TPSA) is 98.1 Å². The number of aromatic amines is 1. The maximum Gasteiger partial charge on any atom is 0.328 e. The lowest BCUT2D eigenvalue weighted by atomic mass is 10.3. The smallest absolute Gasteiger partial charge is 0.328 e. The number of H-pyrrole nitrogens is 1. The third kappa shape index (κ3) is 4.20. The van der Waals surface area contributed by atoms with Crippen LogP contribution in [0.1, 0.15) is 16.1 Å². The second-order valence-corrected chi connectivity index (χ2v) is 5.85. The molecule has 0 unspecified atom stereocenters. The first-order chi connectivity index (χ1) is 10.9. The Morgan fingerprint density at radius 3 is 2.74 bits per heavy atom. The SMILES string of the molecule is COCCn1cc(CNC(=O)c2cc(Br)cn2C)c(=O)[nH]c1=O. The third-order valence-corrected chi connectivity index (χ3v) is 3.70. The Balaban J connectivity index is 2.13. The Kier molecular flexibility index (Phi) is 5.56.